The summed E-state index contributed by atoms with van der Waals surface area (Å²) in [7, 11) is -2.84. The maximum Gasteiger partial charge on any atom is 0.151 e. The van der Waals surface area contributed by atoms with Crippen molar-refractivity contribution >= 4 is 36.8 Å². The van der Waals surface area contributed by atoms with E-state index < -0.39 is 9.84 Å². The van der Waals surface area contributed by atoms with Gasteiger partial charge in [-0.1, -0.05) is 15.9 Å². The quantitative estimate of drug-likeness (QED) is 0.893. The first kappa shape index (κ1) is 15.0. The van der Waals surface area contributed by atoms with Gasteiger partial charge in [-0.2, -0.15) is 0 Å². The number of benzene rings is 1. The van der Waals surface area contributed by atoms with E-state index in [-0.39, 0.29) is 11.8 Å². The summed E-state index contributed by atoms with van der Waals surface area (Å²) in [6, 6.07) is 6.12. The summed E-state index contributed by atoms with van der Waals surface area (Å²) in [6.45, 7) is 3.53. The minimum atomic E-state index is -2.84. The number of sulfone groups is 1. The lowest BCUT2D eigenvalue weighted by Gasteiger charge is -2.11. The van der Waals surface area contributed by atoms with Crippen molar-refractivity contribution in [1.82, 2.24) is 14.9 Å². The SMILES string of the molecule is CCn1c(CNC2CCS(=O)(=O)C2)nc2cc(Br)ccc21. The third-order valence-electron chi connectivity index (χ3n) is 3.89. The second-order valence-electron chi connectivity index (χ2n) is 5.39. The third kappa shape index (κ3) is 3.14. The molecule has 0 aliphatic carbocycles. The Labute approximate surface area is 132 Å². The average Bonchev–Trinajstić information content (AvgIpc) is 2.95. The zero-order chi connectivity index (χ0) is 15.0. The summed E-state index contributed by atoms with van der Waals surface area (Å²) < 4.78 is 26.2. The van der Waals surface area contributed by atoms with Crippen LogP contribution in [0.1, 0.15) is 19.2 Å². The molecule has 5 nitrogen and oxygen atoms in total. The van der Waals surface area contributed by atoms with Gasteiger partial charge in [0, 0.05) is 17.1 Å². The number of nitrogens with one attached hydrogen (secondary N) is 1. The summed E-state index contributed by atoms with van der Waals surface area (Å²) >= 11 is 3.46. The molecular formula is C14H18BrN3O2S. The Hall–Kier alpha value is -0.920. The largest absolute Gasteiger partial charge is 0.327 e. The molecule has 1 atom stereocenters. The van der Waals surface area contributed by atoms with E-state index in [1.165, 1.54) is 0 Å². The Kier molecular flexibility index (Phi) is 4.07. The van der Waals surface area contributed by atoms with Crippen LogP contribution < -0.4 is 5.32 Å². The predicted octanol–water partition coefficient (Wildman–Crippen LogP) is 2.10. The number of nitrogens with zero attached hydrogens (tertiary/aromatic N) is 2. The minimum absolute atomic E-state index is 0.0480. The fourth-order valence-electron chi connectivity index (χ4n) is 2.83. The fourth-order valence-corrected chi connectivity index (χ4v) is 4.89. The highest BCUT2D eigenvalue weighted by Gasteiger charge is 2.27. The monoisotopic (exact) mass is 371 g/mol. The van der Waals surface area contributed by atoms with E-state index >= 15 is 0 Å². The molecule has 1 aromatic heterocycles. The highest BCUT2D eigenvalue weighted by Crippen LogP contribution is 2.21. The topological polar surface area (TPSA) is 64.0 Å². The molecule has 1 saturated heterocycles. The molecule has 2 heterocycles. The van der Waals surface area contributed by atoms with Gasteiger partial charge >= 0.3 is 0 Å². The summed E-state index contributed by atoms with van der Waals surface area (Å²) in [5.41, 5.74) is 2.07. The zero-order valence-electron chi connectivity index (χ0n) is 11.8. The molecule has 1 N–H and O–H groups in total. The van der Waals surface area contributed by atoms with E-state index in [0.29, 0.717) is 18.7 Å². The Balaban J connectivity index is 1.80. The second-order valence-corrected chi connectivity index (χ2v) is 8.53. The number of hydrogen-bond donors (Lipinski definition) is 1. The van der Waals surface area contributed by atoms with Gasteiger partial charge in [-0.15, -0.1) is 0 Å². The maximum absolute atomic E-state index is 11.5. The summed E-state index contributed by atoms with van der Waals surface area (Å²) in [4.78, 5) is 4.66. The van der Waals surface area contributed by atoms with Crippen molar-refractivity contribution in [3.05, 3.63) is 28.5 Å². The van der Waals surface area contributed by atoms with Crippen molar-refractivity contribution < 1.29 is 8.42 Å². The number of fused-ring (bicyclic) bond motifs is 1. The van der Waals surface area contributed by atoms with Crippen molar-refractivity contribution in [2.24, 2.45) is 0 Å². The van der Waals surface area contributed by atoms with E-state index in [4.69, 9.17) is 0 Å². The minimum Gasteiger partial charge on any atom is -0.327 e. The van der Waals surface area contributed by atoms with E-state index in [9.17, 15) is 8.42 Å². The van der Waals surface area contributed by atoms with Gasteiger partial charge in [0.05, 0.1) is 29.1 Å². The molecule has 114 valence electrons. The molecule has 1 unspecified atom stereocenters. The Morgan fingerprint density at radius 3 is 2.95 bits per heavy atom. The highest BCUT2D eigenvalue weighted by atomic mass is 79.9. The van der Waals surface area contributed by atoms with Crippen molar-refractivity contribution in [2.45, 2.75) is 32.5 Å². The van der Waals surface area contributed by atoms with Crippen molar-refractivity contribution in [2.75, 3.05) is 11.5 Å². The predicted molar refractivity (Wildman–Crippen MR) is 87.0 cm³/mol. The smallest absolute Gasteiger partial charge is 0.151 e. The number of aromatic nitrogens is 2. The van der Waals surface area contributed by atoms with Crippen LogP contribution in [0.25, 0.3) is 11.0 Å². The van der Waals surface area contributed by atoms with E-state index in [1.54, 1.807) is 0 Å². The van der Waals surface area contributed by atoms with Crippen LogP contribution in [-0.4, -0.2) is 35.5 Å². The number of aryl methyl sites for hydroxylation is 1. The standard InChI is InChI=1S/C14H18BrN3O2S/c1-2-18-13-4-3-10(15)7-12(13)17-14(18)8-16-11-5-6-21(19,20)9-11/h3-4,7,11,16H,2,5-6,8-9H2,1H3. The average molecular weight is 372 g/mol. The van der Waals surface area contributed by atoms with Crippen LogP contribution in [0.2, 0.25) is 0 Å². The lowest BCUT2D eigenvalue weighted by Crippen LogP contribution is -2.30. The first-order valence-electron chi connectivity index (χ1n) is 7.07. The van der Waals surface area contributed by atoms with Gasteiger partial charge in [0.15, 0.2) is 9.84 Å². The Bertz CT molecular complexity index is 770. The van der Waals surface area contributed by atoms with Crippen LogP contribution in [0.3, 0.4) is 0 Å². The lowest BCUT2D eigenvalue weighted by atomic mass is 10.2. The molecule has 7 heteroatoms. The van der Waals surface area contributed by atoms with Crippen molar-refractivity contribution in [1.29, 1.82) is 0 Å². The Morgan fingerprint density at radius 2 is 2.29 bits per heavy atom. The van der Waals surface area contributed by atoms with E-state index in [2.05, 4.69) is 43.8 Å². The number of rotatable bonds is 4. The van der Waals surface area contributed by atoms with Crippen LogP contribution in [0.5, 0.6) is 0 Å². The normalized spacial score (nSPS) is 21.1. The number of hydrogen-bond acceptors (Lipinski definition) is 4. The third-order valence-corrected chi connectivity index (χ3v) is 6.15. The van der Waals surface area contributed by atoms with Crippen molar-refractivity contribution in [3.8, 4) is 0 Å². The van der Waals surface area contributed by atoms with Crippen LogP contribution in [-0.2, 0) is 22.9 Å². The number of imidazole rings is 1. The van der Waals surface area contributed by atoms with Crippen LogP contribution >= 0.6 is 15.9 Å². The first-order chi connectivity index (χ1) is 9.98. The molecule has 2 aromatic rings. The molecule has 1 aromatic carbocycles. The fraction of sp³-hybridized carbons (Fsp3) is 0.500. The molecular weight excluding hydrogens is 354 g/mol. The van der Waals surface area contributed by atoms with E-state index in [0.717, 1.165) is 27.9 Å². The lowest BCUT2D eigenvalue weighted by molar-refractivity contribution is 0.529. The maximum atomic E-state index is 11.5. The summed E-state index contributed by atoms with van der Waals surface area (Å²) in [6.07, 6.45) is 0.695. The van der Waals surface area contributed by atoms with Gasteiger partial charge < -0.3 is 9.88 Å². The van der Waals surface area contributed by atoms with Gasteiger partial charge in [-0.25, -0.2) is 13.4 Å². The molecule has 0 amide bonds. The van der Waals surface area contributed by atoms with Gasteiger partial charge in [0.25, 0.3) is 0 Å². The van der Waals surface area contributed by atoms with E-state index in [1.807, 2.05) is 12.1 Å². The van der Waals surface area contributed by atoms with Gasteiger partial charge in [-0.05, 0) is 31.5 Å². The van der Waals surface area contributed by atoms with Gasteiger partial charge in [0.2, 0.25) is 0 Å². The van der Waals surface area contributed by atoms with Crippen LogP contribution in [0, 0.1) is 0 Å². The molecule has 1 fully saturated rings. The number of halogens is 1. The summed E-state index contributed by atoms with van der Waals surface area (Å²) in [5.74, 6) is 1.49. The van der Waals surface area contributed by atoms with Crippen LogP contribution in [0.15, 0.2) is 22.7 Å². The zero-order valence-corrected chi connectivity index (χ0v) is 14.2. The second kappa shape index (κ2) is 5.70. The van der Waals surface area contributed by atoms with Gasteiger partial charge in [-0.3, -0.25) is 0 Å². The highest BCUT2D eigenvalue weighted by molar-refractivity contribution is 9.10. The molecule has 1 aliphatic heterocycles. The molecule has 0 saturated carbocycles. The van der Waals surface area contributed by atoms with Crippen molar-refractivity contribution in [3.63, 3.8) is 0 Å². The first-order valence-corrected chi connectivity index (χ1v) is 9.68. The molecule has 3 rings (SSSR count). The van der Waals surface area contributed by atoms with Crippen LogP contribution in [0.4, 0.5) is 0 Å². The molecule has 0 bridgehead atoms. The molecule has 0 spiro atoms. The molecule has 21 heavy (non-hydrogen) atoms. The molecule has 1 aliphatic rings. The Morgan fingerprint density at radius 1 is 1.48 bits per heavy atom. The summed E-state index contributed by atoms with van der Waals surface area (Å²) in [5, 5.41) is 3.33. The molecule has 0 radical (unpaired) electrons. The van der Waals surface area contributed by atoms with Gasteiger partial charge in [0.1, 0.15) is 5.82 Å².